The molecule has 0 saturated carbocycles. The van der Waals surface area contributed by atoms with E-state index in [0.717, 1.165) is 0 Å². The van der Waals surface area contributed by atoms with Gasteiger partial charge in [-0.1, -0.05) is 11.6 Å². The highest BCUT2D eigenvalue weighted by atomic mass is 79.9. The third-order valence-electron chi connectivity index (χ3n) is 2.10. The lowest BCUT2D eigenvalue weighted by Gasteiger charge is -2.29. The van der Waals surface area contributed by atoms with Gasteiger partial charge < -0.3 is 20.6 Å². The Morgan fingerprint density at radius 2 is 1.88 bits per heavy atom. The molecular weight excluding hydrogens is 299 g/mol. The molecule has 0 fully saturated rings. The molecule has 90 valence electrons. The van der Waals surface area contributed by atoms with Gasteiger partial charge in [0, 0.05) is 10.7 Å². The average Bonchev–Trinajstić information content (AvgIpc) is 2.29. The SMILES string of the molecule is OCC(CO)(CO)Nc1ncc(Br)cc1Cl. The number of rotatable bonds is 5. The van der Waals surface area contributed by atoms with Crippen LogP contribution in [0.5, 0.6) is 0 Å². The topological polar surface area (TPSA) is 85.6 Å². The Bertz CT molecular complexity index is 352. The van der Waals surface area contributed by atoms with Crippen LogP contribution in [0.1, 0.15) is 0 Å². The van der Waals surface area contributed by atoms with E-state index in [1.807, 2.05) is 0 Å². The number of hydrogen-bond donors (Lipinski definition) is 4. The fourth-order valence-corrected chi connectivity index (χ4v) is 1.70. The van der Waals surface area contributed by atoms with Crippen molar-refractivity contribution in [3.05, 3.63) is 21.8 Å². The maximum Gasteiger partial charge on any atom is 0.145 e. The molecule has 16 heavy (non-hydrogen) atoms. The van der Waals surface area contributed by atoms with Crippen LogP contribution in [0.25, 0.3) is 0 Å². The molecule has 0 aliphatic carbocycles. The summed E-state index contributed by atoms with van der Waals surface area (Å²) in [6.45, 7) is -1.31. The van der Waals surface area contributed by atoms with Crippen molar-refractivity contribution in [3.8, 4) is 0 Å². The van der Waals surface area contributed by atoms with E-state index in [4.69, 9.17) is 26.9 Å². The van der Waals surface area contributed by atoms with Gasteiger partial charge in [-0.2, -0.15) is 0 Å². The molecule has 4 N–H and O–H groups in total. The van der Waals surface area contributed by atoms with Crippen LogP contribution in [0.4, 0.5) is 5.82 Å². The van der Waals surface area contributed by atoms with Gasteiger partial charge in [-0.3, -0.25) is 0 Å². The van der Waals surface area contributed by atoms with E-state index < -0.39 is 25.4 Å². The van der Waals surface area contributed by atoms with Gasteiger partial charge in [0.25, 0.3) is 0 Å². The first-order valence-electron chi connectivity index (χ1n) is 4.49. The molecule has 0 atom stereocenters. The van der Waals surface area contributed by atoms with Crippen LogP contribution in [0.15, 0.2) is 16.7 Å². The molecule has 0 radical (unpaired) electrons. The van der Waals surface area contributed by atoms with E-state index >= 15 is 0 Å². The lowest BCUT2D eigenvalue weighted by Crippen LogP contribution is -2.49. The summed E-state index contributed by atoms with van der Waals surface area (Å²) < 4.78 is 0.714. The summed E-state index contributed by atoms with van der Waals surface area (Å²) in [5.41, 5.74) is -1.23. The number of aliphatic hydroxyl groups excluding tert-OH is 3. The zero-order chi connectivity index (χ0) is 12.2. The maximum atomic E-state index is 9.12. The average molecular weight is 312 g/mol. The molecule has 0 aliphatic heterocycles. The highest BCUT2D eigenvalue weighted by molar-refractivity contribution is 9.10. The summed E-state index contributed by atoms with van der Waals surface area (Å²) >= 11 is 9.11. The third kappa shape index (κ3) is 3.05. The van der Waals surface area contributed by atoms with Gasteiger partial charge in [0.15, 0.2) is 0 Å². The van der Waals surface area contributed by atoms with Crippen molar-refractivity contribution in [1.82, 2.24) is 4.98 Å². The molecule has 1 heterocycles. The van der Waals surface area contributed by atoms with Crippen LogP contribution in [-0.4, -0.2) is 45.7 Å². The van der Waals surface area contributed by atoms with Crippen molar-refractivity contribution in [2.75, 3.05) is 25.1 Å². The molecule has 0 spiro atoms. The minimum Gasteiger partial charge on any atom is -0.394 e. The van der Waals surface area contributed by atoms with Crippen LogP contribution < -0.4 is 5.32 Å². The number of anilines is 1. The summed E-state index contributed by atoms with van der Waals surface area (Å²) in [4.78, 5) is 3.98. The van der Waals surface area contributed by atoms with E-state index in [1.54, 1.807) is 6.07 Å². The zero-order valence-corrected chi connectivity index (χ0v) is 10.7. The van der Waals surface area contributed by atoms with Crippen molar-refractivity contribution < 1.29 is 15.3 Å². The van der Waals surface area contributed by atoms with Gasteiger partial charge in [0.05, 0.1) is 24.8 Å². The van der Waals surface area contributed by atoms with Gasteiger partial charge in [-0.25, -0.2) is 4.98 Å². The molecule has 7 heteroatoms. The van der Waals surface area contributed by atoms with Gasteiger partial charge in [0.2, 0.25) is 0 Å². The van der Waals surface area contributed by atoms with Crippen molar-refractivity contribution in [1.29, 1.82) is 0 Å². The predicted molar refractivity (Wildman–Crippen MR) is 64.6 cm³/mol. The Labute approximate surface area is 106 Å². The standard InChI is InChI=1S/C9H12BrClN2O3/c10-6-1-7(11)8(12-2-6)13-9(3-14,4-15)5-16/h1-2,14-16H,3-5H2,(H,12,13). The number of aromatic nitrogens is 1. The second-order valence-corrected chi connectivity index (χ2v) is 4.69. The van der Waals surface area contributed by atoms with Gasteiger partial charge in [-0.15, -0.1) is 0 Å². The number of nitrogens with one attached hydrogen (secondary N) is 1. The highest BCUT2D eigenvalue weighted by Gasteiger charge is 2.28. The van der Waals surface area contributed by atoms with Crippen molar-refractivity contribution in [2.45, 2.75) is 5.54 Å². The Morgan fingerprint density at radius 3 is 2.31 bits per heavy atom. The molecule has 0 saturated heterocycles. The Hall–Kier alpha value is -0.400. The number of pyridine rings is 1. The summed E-state index contributed by atoms with van der Waals surface area (Å²) in [6, 6.07) is 1.62. The first-order chi connectivity index (χ1) is 7.56. The first-order valence-corrected chi connectivity index (χ1v) is 5.66. The van der Waals surface area contributed by atoms with Gasteiger partial charge in [0.1, 0.15) is 11.4 Å². The number of aliphatic hydroxyl groups is 3. The number of hydrogen-bond acceptors (Lipinski definition) is 5. The molecule has 1 aromatic rings. The van der Waals surface area contributed by atoms with Crippen LogP contribution in [0.3, 0.4) is 0 Å². The second kappa shape index (κ2) is 5.79. The number of halogens is 2. The summed E-state index contributed by atoms with van der Waals surface area (Å²) in [6.07, 6.45) is 1.52. The Morgan fingerprint density at radius 1 is 1.31 bits per heavy atom. The van der Waals surface area contributed by atoms with Gasteiger partial charge in [-0.05, 0) is 22.0 Å². The van der Waals surface area contributed by atoms with Crippen LogP contribution in [0, 0.1) is 0 Å². The molecule has 1 aromatic heterocycles. The monoisotopic (exact) mass is 310 g/mol. The van der Waals surface area contributed by atoms with E-state index in [0.29, 0.717) is 15.3 Å². The predicted octanol–water partition coefficient (Wildman–Crippen LogP) is 0.625. The molecule has 0 bridgehead atoms. The lowest BCUT2D eigenvalue weighted by molar-refractivity contribution is 0.0831. The van der Waals surface area contributed by atoms with E-state index in [9.17, 15) is 0 Å². The Kier molecular flexibility index (Phi) is 4.94. The number of nitrogens with zero attached hydrogens (tertiary/aromatic N) is 1. The molecule has 1 rings (SSSR count). The fourth-order valence-electron chi connectivity index (χ4n) is 1.03. The smallest absolute Gasteiger partial charge is 0.145 e. The Balaban J connectivity index is 2.93. The van der Waals surface area contributed by atoms with E-state index in [1.165, 1.54) is 6.20 Å². The molecule has 0 unspecified atom stereocenters. The van der Waals surface area contributed by atoms with Crippen molar-refractivity contribution in [3.63, 3.8) is 0 Å². The maximum absolute atomic E-state index is 9.12. The molecular formula is C9H12BrClN2O3. The summed E-state index contributed by atoms with van der Waals surface area (Å²) in [5, 5.41) is 30.4. The van der Waals surface area contributed by atoms with Crippen molar-refractivity contribution >= 4 is 33.3 Å². The second-order valence-electron chi connectivity index (χ2n) is 3.36. The minimum absolute atomic E-state index is 0.294. The molecule has 0 aromatic carbocycles. The minimum atomic E-state index is -1.23. The largest absolute Gasteiger partial charge is 0.394 e. The van der Waals surface area contributed by atoms with Crippen LogP contribution in [-0.2, 0) is 0 Å². The normalized spacial score (nSPS) is 11.6. The molecule has 5 nitrogen and oxygen atoms in total. The molecule has 0 aliphatic rings. The van der Waals surface area contributed by atoms with E-state index in [-0.39, 0.29) is 0 Å². The quantitative estimate of drug-likeness (QED) is 0.641. The summed E-state index contributed by atoms with van der Waals surface area (Å²) in [5.74, 6) is 0.294. The summed E-state index contributed by atoms with van der Waals surface area (Å²) in [7, 11) is 0. The fraction of sp³-hybridized carbons (Fsp3) is 0.444. The van der Waals surface area contributed by atoms with E-state index in [2.05, 4.69) is 26.2 Å². The first kappa shape index (κ1) is 13.7. The van der Waals surface area contributed by atoms with Crippen molar-refractivity contribution in [2.24, 2.45) is 0 Å². The van der Waals surface area contributed by atoms with Crippen LogP contribution >= 0.6 is 27.5 Å². The lowest BCUT2D eigenvalue weighted by atomic mass is 10.0. The van der Waals surface area contributed by atoms with Gasteiger partial charge >= 0.3 is 0 Å². The molecule has 0 amide bonds. The highest BCUT2D eigenvalue weighted by Crippen LogP contribution is 2.25. The zero-order valence-electron chi connectivity index (χ0n) is 8.32. The van der Waals surface area contributed by atoms with Crippen LogP contribution in [0.2, 0.25) is 5.02 Å². The third-order valence-corrected chi connectivity index (χ3v) is 2.82.